The van der Waals surface area contributed by atoms with Crippen LogP contribution in [0.5, 0.6) is 0 Å². The molecule has 2 saturated heterocycles. The Balaban J connectivity index is 1.38. The van der Waals surface area contributed by atoms with Crippen LogP contribution in [0.2, 0.25) is 0 Å². The molecule has 4 heterocycles. The molecule has 40 heavy (non-hydrogen) atoms. The molecule has 2 aromatic heterocycles. The standard InChI is InChI=1S/C17H26FN5O14P2S/c18-7-6(34-16(9(7)26)23-4-22-8-14(19)20-3-21-15(8)23)2-33-39(32,40)37-38(30,31)36-17-12(29)10(27)11(28)13(35-17)5(25)1-24/h3-7,9-13,16-17,24-29H,1-2H2,(H,30,31)(H,32,40)(H2,19,20,21)/t5-,6-,7?,9+,10+,11+,12?,13?,16-,17+,39?/m1/s1. The monoisotopic (exact) mass is 637 g/mol. The number of anilines is 1. The fourth-order valence-corrected chi connectivity index (χ4v) is 7.08. The van der Waals surface area contributed by atoms with Gasteiger partial charge >= 0.3 is 14.5 Å². The second kappa shape index (κ2) is 12.1. The van der Waals surface area contributed by atoms with E-state index in [1.807, 2.05) is 0 Å². The number of hydrogen-bond donors (Lipinski definition) is 9. The first kappa shape index (κ1) is 31.6. The van der Waals surface area contributed by atoms with Crippen molar-refractivity contribution >= 4 is 43.3 Å². The van der Waals surface area contributed by atoms with Gasteiger partial charge in [-0.05, 0) is 11.8 Å². The van der Waals surface area contributed by atoms with E-state index in [4.69, 9.17) is 24.8 Å². The molecule has 0 saturated carbocycles. The molecule has 2 aliphatic rings. The topological polar surface area (TPSA) is 295 Å². The van der Waals surface area contributed by atoms with Gasteiger partial charge in [0.05, 0.1) is 19.5 Å². The Morgan fingerprint density at radius 1 is 1.12 bits per heavy atom. The zero-order valence-electron chi connectivity index (χ0n) is 19.9. The Morgan fingerprint density at radius 2 is 1.82 bits per heavy atom. The summed E-state index contributed by atoms with van der Waals surface area (Å²) in [5, 5.41) is 59.0. The maximum absolute atomic E-state index is 14.8. The molecule has 2 aromatic rings. The van der Waals surface area contributed by atoms with Crippen molar-refractivity contribution in [3.8, 4) is 0 Å². The molecular formula is C17H26FN5O14P2S. The first-order valence-electron chi connectivity index (χ1n) is 11.2. The van der Waals surface area contributed by atoms with Crippen LogP contribution in [0.1, 0.15) is 6.23 Å². The van der Waals surface area contributed by atoms with E-state index in [1.165, 1.54) is 10.9 Å². The summed E-state index contributed by atoms with van der Waals surface area (Å²) >= 11 is 4.66. The zero-order chi connectivity index (χ0) is 29.6. The van der Waals surface area contributed by atoms with Crippen LogP contribution in [0.25, 0.3) is 11.2 Å². The lowest BCUT2D eigenvalue weighted by Crippen LogP contribution is -2.61. The lowest BCUT2D eigenvalue weighted by molar-refractivity contribution is -0.292. The molecule has 19 nitrogen and oxygen atoms in total. The highest BCUT2D eigenvalue weighted by molar-refractivity contribution is 8.08. The molecule has 0 aromatic carbocycles. The van der Waals surface area contributed by atoms with E-state index in [0.29, 0.717) is 0 Å². The minimum atomic E-state index is -5.48. The zero-order valence-corrected chi connectivity index (χ0v) is 22.5. The predicted octanol–water partition coefficient (Wildman–Crippen LogP) is -3.47. The third-order valence-corrected chi connectivity index (χ3v) is 9.48. The molecule has 0 aliphatic carbocycles. The quantitative estimate of drug-likeness (QED) is 0.114. The summed E-state index contributed by atoms with van der Waals surface area (Å²) in [5.41, 5.74) is 6.00. The molecule has 2 aliphatic heterocycles. The van der Waals surface area contributed by atoms with Gasteiger partial charge in [-0.25, -0.2) is 28.2 Å². The molecule has 12 atom stereocenters. The highest BCUT2D eigenvalue weighted by Crippen LogP contribution is 2.61. The van der Waals surface area contributed by atoms with Crippen LogP contribution < -0.4 is 5.73 Å². The number of rotatable bonds is 10. The Kier molecular flexibility index (Phi) is 9.55. The highest BCUT2D eigenvalue weighted by Gasteiger charge is 2.50. The van der Waals surface area contributed by atoms with Crippen molar-refractivity contribution < 1.29 is 72.2 Å². The number of ether oxygens (including phenoxy) is 2. The van der Waals surface area contributed by atoms with Crippen LogP contribution >= 0.6 is 14.5 Å². The van der Waals surface area contributed by atoms with Gasteiger partial charge in [0.2, 0.25) is 0 Å². The van der Waals surface area contributed by atoms with Gasteiger partial charge < -0.3 is 60.2 Å². The van der Waals surface area contributed by atoms with Gasteiger partial charge in [-0.1, -0.05) is 0 Å². The summed E-state index contributed by atoms with van der Waals surface area (Å²) < 4.78 is 52.9. The predicted molar refractivity (Wildman–Crippen MR) is 129 cm³/mol. The SMILES string of the molecule is Nc1ncnc2c1ncn2[C@@H]1O[C@H](COP(O)(=S)OP(=O)(O)O[C@@H]2OC([C@H](O)CO)[C@@H](O)[C@H](O)C2O)C(F)[C@@H]1O. The maximum atomic E-state index is 14.8. The highest BCUT2D eigenvalue weighted by atomic mass is 32.5. The average molecular weight is 637 g/mol. The normalized spacial score (nSPS) is 36.8. The van der Waals surface area contributed by atoms with Crippen molar-refractivity contribution in [1.82, 2.24) is 19.5 Å². The van der Waals surface area contributed by atoms with Gasteiger partial charge in [-0.15, -0.1) is 0 Å². The van der Waals surface area contributed by atoms with Crippen LogP contribution in [0, 0.1) is 0 Å². The van der Waals surface area contributed by atoms with Crippen LogP contribution in [0.3, 0.4) is 0 Å². The average Bonchev–Trinajstić information content (AvgIpc) is 3.43. The van der Waals surface area contributed by atoms with Gasteiger partial charge in [0.1, 0.15) is 54.6 Å². The minimum absolute atomic E-state index is 0.0265. The molecule has 0 spiro atoms. The summed E-state index contributed by atoms with van der Waals surface area (Å²) in [6, 6.07) is 0. The maximum Gasteiger partial charge on any atom is 0.481 e. The van der Waals surface area contributed by atoms with Gasteiger partial charge in [0, 0.05) is 0 Å². The molecule has 4 rings (SSSR count). The van der Waals surface area contributed by atoms with Crippen molar-refractivity contribution in [1.29, 1.82) is 0 Å². The Bertz CT molecular complexity index is 1300. The molecule has 0 radical (unpaired) electrons. The van der Waals surface area contributed by atoms with Gasteiger partial charge in [-0.2, -0.15) is 0 Å². The Morgan fingerprint density at radius 3 is 2.50 bits per heavy atom. The van der Waals surface area contributed by atoms with Crippen LogP contribution in [-0.2, 0) is 39.2 Å². The van der Waals surface area contributed by atoms with Gasteiger partial charge in [0.15, 0.2) is 30.2 Å². The molecule has 5 unspecified atom stereocenters. The number of nitrogen functional groups attached to an aromatic ring is 1. The second-order valence-electron chi connectivity index (χ2n) is 8.69. The summed E-state index contributed by atoms with van der Waals surface area (Å²) in [6.45, 7) is -6.56. The number of aliphatic hydroxyl groups is 6. The van der Waals surface area contributed by atoms with Crippen LogP contribution in [0.4, 0.5) is 10.2 Å². The van der Waals surface area contributed by atoms with Gasteiger partial charge in [-0.3, -0.25) is 9.09 Å². The van der Waals surface area contributed by atoms with Gasteiger partial charge in [0.25, 0.3) is 0 Å². The van der Waals surface area contributed by atoms with Crippen LogP contribution in [-0.4, -0.2) is 128 Å². The van der Waals surface area contributed by atoms with Crippen LogP contribution in [0.15, 0.2) is 12.7 Å². The lowest BCUT2D eigenvalue weighted by Gasteiger charge is -2.41. The van der Waals surface area contributed by atoms with E-state index in [2.05, 4.69) is 35.6 Å². The van der Waals surface area contributed by atoms with Crippen molar-refractivity contribution in [2.24, 2.45) is 0 Å². The number of halogens is 1. The number of alkyl halides is 1. The van der Waals surface area contributed by atoms with Crippen molar-refractivity contribution in [2.45, 2.75) is 61.4 Å². The van der Waals surface area contributed by atoms with E-state index < -0.39 is 89.2 Å². The minimum Gasteiger partial charge on any atom is -0.394 e. The molecule has 10 N–H and O–H groups in total. The van der Waals surface area contributed by atoms with Crippen molar-refractivity contribution in [3.63, 3.8) is 0 Å². The Hall–Kier alpha value is -1.36. The number of hydrogen-bond acceptors (Lipinski definition) is 17. The van der Waals surface area contributed by atoms with E-state index in [-0.39, 0.29) is 17.0 Å². The summed E-state index contributed by atoms with van der Waals surface area (Å²) in [5.74, 6) is 0.0265. The number of nitrogens with two attached hydrogens (primary N) is 1. The Labute approximate surface area is 228 Å². The molecule has 2 fully saturated rings. The van der Waals surface area contributed by atoms with E-state index in [9.17, 15) is 44.3 Å². The number of imidazole rings is 1. The first-order valence-corrected chi connectivity index (χ1v) is 15.3. The number of phosphoric ester groups is 1. The lowest BCUT2D eigenvalue weighted by atomic mass is 9.96. The largest absolute Gasteiger partial charge is 0.481 e. The summed E-state index contributed by atoms with van der Waals surface area (Å²) in [4.78, 5) is 32.0. The molecule has 23 heteroatoms. The number of aliphatic hydroxyl groups excluding tert-OH is 6. The van der Waals surface area contributed by atoms with E-state index in [1.54, 1.807) is 0 Å². The van der Waals surface area contributed by atoms with E-state index in [0.717, 1.165) is 6.33 Å². The number of nitrogens with zero attached hydrogens (tertiary/aromatic N) is 4. The van der Waals surface area contributed by atoms with Crippen molar-refractivity contribution in [2.75, 3.05) is 18.9 Å². The van der Waals surface area contributed by atoms with Crippen molar-refractivity contribution in [3.05, 3.63) is 12.7 Å². The second-order valence-corrected chi connectivity index (χ2v) is 13.1. The third-order valence-electron chi connectivity index (χ3n) is 5.97. The van der Waals surface area contributed by atoms with E-state index >= 15 is 0 Å². The molecule has 226 valence electrons. The fraction of sp³-hybridized carbons (Fsp3) is 0.706. The fourth-order valence-electron chi connectivity index (χ4n) is 3.98. The number of aromatic nitrogens is 4. The summed E-state index contributed by atoms with van der Waals surface area (Å²) in [7, 11) is -5.48. The number of fused-ring (bicyclic) bond motifs is 1. The summed E-state index contributed by atoms with van der Waals surface area (Å²) in [6.07, 6.45) is -16.5. The third kappa shape index (κ3) is 6.50. The molecule has 0 bridgehead atoms. The molecular weight excluding hydrogens is 611 g/mol. The smallest absolute Gasteiger partial charge is 0.394 e. The number of phosphoric acid groups is 1. The first-order chi connectivity index (χ1) is 18.7. The molecule has 0 amide bonds.